The number of hydrogen-bond donors (Lipinski definition) is 0. The van der Waals surface area contributed by atoms with Crippen molar-refractivity contribution in [1.82, 2.24) is 0 Å². The van der Waals surface area contributed by atoms with E-state index in [1.54, 1.807) is 0 Å². The monoisotopic (exact) mass is 196 g/mol. The molecule has 1 aliphatic carbocycles. The zero-order chi connectivity index (χ0) is 9.80. The van der Waals surface area contributed by atoms with Gasteiger partial charge in [0, 0.05) is 26.1 Å². The Morgan fingerprint density at radius 1 is 1.14 bits per heavy atom. The van der Waals surface area contributed by atoms with E-state index in [1.807, 2.05) is 0 Å². The smallest absolute Gasteiger partial charge is 0.133 e. The molecule has 80 valence electrons. The second-order valence-corrected chi connectivity index (χ2v) is 4.79. The maximum absolute atomic E-state index is 11.3. The highest BCUT2D eigenvalue weighted by molar-refractivity contribution is 5.79. The first kappa shape index (κ1) is 10.2. The van der Waals surface area contributed by atoms with Crippen LogP contribution in [0, 0.1) is 11.8 Å². The quantitative estimate of drug-likeness (QED) is 0.678. The minimum absolute atomic E-state index is 0.494. The lowest BCUT2D eigenvalue weighted by Gasteiger charge is -2.28. The summed E-state index contributed by atoms with van der Waals surface area (Å²) >= 11 is 0. The first-order chi connectivity index (χ1) is 6.84. The SMILES string of the molecule is O=C1CCCC(CC2CCOCC2)C1. The predicted octanol–water partition coefficient (Wildman–Crippen LogP) is 2.56. The minimum atomic E-state index is 0.494. The molecule has 1 atom stereocenters. The number of hydrogen-bond acceptors (Lipinski definition) is 2. The Morgan fingerprint density at radius 2 is 1.93 bits per heavy atom. The first-order valence-electron chi connectivity index (χ1n) is 5.94. The molecule has 1 heterocycles. The van der Waals surface area contributed by atoms with Gasteiger partial charge in [0.2, 0.25) is 0 Å². The molecule has 0 radical (unpaired) electrons. The Hall–Kier alpha value is -0.370. The molecular weight excluding hydrogens is 176 g/mol. The largest absolute Gasteiger partial charge is 0.381 e. The molecule has 0 N–H and O–H groups in total. The van der Waals surface area contributed by atoms with Gasteiger partial charge in [0.1, 0.15) is 5.78 Å². The number of Topliss-reactive ketones (excluding diaryl/α,β-unsaturated/α-hetero) is 1. The minimum Gasteiger partial charge on any atom is -0.381 e. The van der Waals surface area contributed by atoms with Crippen molar-refractivity contribution in [3.8, 4) is 0 Å². The normalized spacial score (nSPS) is 30.6. The van der Waals surface area contributed by atoms with Crippen LogP contribution < -0.4 is 0 Å². The lowest BCUT2D eigenvalue weighted by atomic mass is 9.80. The van der Waals surface area contributed by atoms with Crippen molar-refractivity contribution in [2.45, 2.75) is 44.9 Å². The summed E-state index contributed by atoms with van der Waals surface area (Å²) in [6.07, 6.45) is 7.81. The van der Waals surface area contributed by atoms with E-state index in [-0.39, 0.29) is 0 Å². The highest BCUT2D eigenvalue weighted by Crippen LogP contribution is 2.30. The zero-order valence-electron chi connectivity index (χ0n) is 8.84. The van der Waals surface area contributed by atoms with Crippen molar-refractivity contribution >= 4 is 5.78 Å². The zero-order valence-corrected chi connectivity index (χ0v) is 8.84. The standard InChI is InChI=1S/C12H20O2/c13-12-3-1-2-11(9-12)8-10-4-6-14-7-5-10/h10-11H,1-9H2. The third kappa shape index (κ3) is 2.81. The molecule has 1 unspecified atom stereocenters. The fraction of sp³-hybridized carbons (Fsp3) is 0.917. The van der Waals surface area contributed by atoms with Crippen LogP contribution in [-0.2, 0) is 9.53 Å². The summed E-state index contributed by atoms with van der Waals surface area (Å²) in [5.41, 5.74) is 0. The van der Waals surface area contributed by atoms with E-state index < -0.39 is 0 Å². The van der Waals surface area contributed by atoms with E-state index >= 15 is 0 Å². The van der Waals surface area contributed by atoms with Crippen LogP contribution >= 0.6 is 0 Å². The summed E-state index contributed by atoms with van der Waals surface area (Å²) in [5, 5.41) is 0. The molecule has 0 aromatic heterocycles. The van der Waals surface area contributed by atoms with Gasteiger partial charge in [0.25, 0.3) is 0 Å². The van der Waals surface area contributed by atoms with Gasteiger partial charge in [-0.2, -0.15) is 0 Å². The molecule has 2 nitrogen and oxygen atoms in total. The maximum atomic E-state index is 11.3. The molecule has 14 heavy (non-hydrogen) atoms. The lowest BCUT2D eigenvalue weighted by molar-refractivity contribution is -0.121. The van der Waals surface area contributed by atoms with Gasteiger partial charge in [-0.3, -0.25) is 4.79 Å². The van der Waals surface area contributed by atoms with Gasteiger partial charge >= 0.3 is 0 Å². The number of ether oxygens (including phenoxy) is 1. The van der Waals surface area contributed by atoms with Gasteiger partial charge in [-0.25, -0.2) is 0 Å². The van der Waals surface area contributed by atoms with Crippen molar-refractivity contribution in [1.29, 1.82) is 0 Å². The second-order valence-electron chi connectivity index (χ2n) is 4.79. The van der Waals surface area contributed by atoms with Gasteiger partial charge in [-0.15, -0.1) is 0 Å². The number of rotatable bonds is 2. The third-order valence-electron chi connectivity index (χ3n) is 3.59. The molecule has 2 aliphatic rings. The molecule has 0 bridgehead atoms. The van der Waals surface area contributed by atoms with E-state index in [1.165, 1.54) is 25.7 Å². The molecule has 0 spiro atoms. The average Bonchev–Trinajstić information content (AvgIpc) is 2.19. The number of carbonyl (C=O) groups is 1. The Labute approximate surface area is 86.0 Å². The summed E-state index contributed by atoms with van der Waals surface area (Å²) in [6, 6.07) is 0. The van der Waals surface area contributed by atoms with E-state index in [9.17, 15) is 4.79 Å². The van der Waals surface area contributed by atoms with Gasteiger partial charge in [-0.1, -0.05) is 0 Å². The summed E-state index contributed by atoms with van der Waals surface area (Å²) in [7, 11) is 0. The molecule has 2 fully saturated rings. The third-order valence-corrected chi connectivity index (χ3v) is 3.59. The first-order valence-corrected chi connectivity index (χ1v) is 5.94. The Balaban J connectivity index is 1.75. The molecular formula is C12H20O2. The summed E-state index contributed by atoms with van der Waals surface area (Å²) in [5.74, 6) is 2.02. The molecule has 2 heteroatoms. The molecule has 0 amide bonds. The molecule has 0 aromatic rings. The Kier molecular flexibility index (Phi) is 3.57. The van der Waals surface area contributed by atoms with Crippen molar-refractivity contribution in [2.75, 3.05) is 13.2 Å². The second kappa shape index (κ2) is 4.92. The van der Waals surface area contributed by atoms with Crippen LogP contribution in [0.2, 0.25) is 0 Å². The van der Waals surface area contributed by atoms with Gasteiger partial charge < -0.3 is 4.74 Å². The highest BCUT2D eigenvalue weighted by Gasteiger charge is 2.23. The van der Waals surface area contributed by atoms with Crippen LogP contribution in [-0.4, -0.2) is 19.0 Å². The average molecular weight is 196 g/mol. The van der Waals surface area contributed by atoms with Crippen LogP contribution in [0.3, 0.4) is 0 Å². The number of ketones is 1. The topological polar surface area (TPSA) is 26.3 Å². The lowest BCUT2D eigenvalue weighted by Crippen LogP contribution is -2.22. The van der Waals surface area contributed by atoms with E-state index in [2.05, 4.69) is 0 Å². The van der Waals surface area contributed by atoms with Gasteiger partial charge in [0.15, 0.2) is 0 Å². The van der Waals surface area contributed by atoms with Crippen LogP contribution in [0.5, 0.6) is 0 Å². The molecule has 1 saturated heterocycles. The summed E-state index contributed by atoms with van der Waals surface area (Å²) < 4.78 is 5.34. The fourth-order valence-electron chi connectivity index (χ4n) is 2.77. The molecule has 2 rings (SSSR count). The molecule has 1 aliphatic heterocycles. The fourth-order valence-corrected chi connectivity index (χ4v) is 2.77. The van der Waals surface area contributed by atoms with E-state index in [0.717, 1.165) is 38.4 Å². The van der Waals surface area contributed by atoms with Crippen LogP contribution in [0.4, 0.5) is 0 Å². The van der Waals surface area contributed by atoms with E-state index in [4.69, 9.17) is 4.74 Å². The maximum Gasteiger partial charge on any atom is 0.133 e. The van der Waals surface area contributed by atoms with Crippen molar-refractivity contribution in [2.24, 2.45) is 11.8 Å². The Morgan fingerprint density at radius 3 is 2.64 bits per heavy atom. The summed E-state index contributed by atoms with van der Waals surface area (Å²) in [6.45, 7) is 1.87. The molecule has 0 aromatic carbocycles. The van der Waals surface area contributed by atoms with Crippen molar-refractivity contribution < 1.29 is 9.53 Å². The predicted molar refractivity (Wildman–Crippen MR) is 55.1 cm³/mol. The van der Waals surface area contributed by atoms with Crippen molar-refractivity contribution in [3.05, 3.63) is 0 Å². The van der Waals surface area contributed by atoms with Crippen LogP contribution in [0.25, 0.3) is 0 Å². The van der Waals surface area contributed by atoms with Crippen molar-refractivity contribution in [3.63, 3.8) is 0 Å². The number of carbonyl (C=O) groups excluding carboxylic acids is 1. The van der Waals surface area contributed by atoms with Crippen LogP contribution in [0.1, 0.15) is 44.9 Å². The summed E-state index contributed by atoms with van der Waals surface area (Å²) in [4.78, 5) is 11.3. The van der Waals surface area contributed by atoms with Crippen LogP contribution in [0.15, 0.2) is 0 Å². The molecule has 1 saturated carbocycles. The van der Waals surface area contributed by atoms with E-state index in [0.29, 0.717) is 11.7 Å². The Bertz CT molecular complexity index is 194. The highest BCUT2D eigenvalue weighted by atomic mass is 16.5. The van der Waals surface area contributed by atoms with Gasteiger partial charge in [0.05, 0.1) is 0 Å². The van der Waals surface area contributed by atoms with Gasteiger partial charge in [-0.05, 0) is 43.9 Å².